The number of aryl methyl sites for hydroxylation is 1. The summed E-state index contributed by atoms with van der Waals surface area (Å²) >= 11 is 3.45. The predicted molar refractivity (Wildman–Crippen MR) is 102 cm³/mol. The Balaban J connectivity index is 2.01. The highest BCUT2D eigenvalue weighted by molar-refractivity contribution is 9.10. The van der Waals surface area contributed by atoms with Crippen LogP contribution in [0.4, 0.5) is 0 Å². The van der Waals surface area contributed by atoms with Crippen LogP contribution in [0.5, 0.6) is 0 Å². The van der Waals surface area contributed by atoms with Gasteiger partial charge in [-0.3, -0.25) is 4.98 Å². The van der Waals surface area contributed by atoms with Gasteiger partial charge >= 0.3 is 5.97 Å². The molecule has 0 spiro atoms. The van der Waals surface area contributed by atoms with Gasteiger partial charge in [-0.15, -0.1) is 0 Å². The molecule has 0 atom stereocenters. The van der Waals surface area contributed by atoms with Crippen molar-refractivity contribution >= 4 is 32.8 Å². The summed E-state index contributed by atoms with van der Waals surface area (Å²) in [5, 5.41) is 10.5. The maximum Gasteiger partial charge on any atom is 0.335 e. The molecule has 128 valence electrons. The molecule has 25 heavy (non-hydrogen) atoms. The molecule has 1 aliphatic rings. The molecule has 4 nitrogen and oxygen atoms in total. The van der Waals surface area contributed by atoms with Gasteiger partial charge in [0.15, 0.2) is 0 Å². The van der Waals surface area contributed by atoms with Crippen LogP contribution < -0.4 is 0 Å². The Bertz CT molecular complexity index is 954. The van der Waals surface area contributed by atoms with Gasteiger partial charge in [-0.25, -0.2) is 4.79 Å². The summed E-state index contributed by atoms with van der Waals surface area (Å²) in [6.07, 6.45) is 6.68. The van der Waals surface area contributed by atoms with Gasteiger partial charge in [0.05, 0.1) is 17.0 Å². The molecule has 1 N–H and O–H groups in total. The number of carbonyl (C=O) groups is 1. The van der Waals surface area contributed by atoms with E-state index in [1.807, 2.05) is 31.4 Å². The topological polar surface area (TPSA) is 55.1 Å². The van der Waals surface area contributed by atoms with E-state index in [-0.39, 0.29) is 0 Å². The molecule has 1 aliphatic carbocycles. The number of halogens is 1. The molecule has 5 heteroatoms. The fraction of sp³-hybridized carbons (Fsp3) is 0.300. The first kappa shape index (κ1) is 16.3. The van der Waals surface area contributed by atoms with Crippen LogP contribution in [0.15, 0.2) is 41.0 Å². The second-order valence-electron chi connectivity index (χ2n) is 6.70. The maximum atomic E-state index is 11.4. The van der Waals surface area contributed by atoms with Gasteiger partial charge in [0.1, 0.15) is 0 Å². The summed E-state index contributed by atoms with van der Waals surface area (Å²) in [5.41, 5.74) is 4.64. The second-order valence-corrected chi connectivity index (χ2v) is 7.62. The van der Waals surface area contributed by atoms with Crippen LogP contribution in [-0.2, 0) is 7.05 Å². The molecule has 0 bridgehead atoms. The highest BCUT2D eigenvalue weighted by Gasteiger charge is 2.27. The van der Waals surface area contributed by atoms with Gasteiger partial charge in [-0.2, -0.15) is 0 Å². The summed E-state index contributed by atoms with van der Waals surface area (Å²) in [7, 11) is 2.01. The Hall–Kier alpha value is -2.14. The quantitative estimate of drug-likeness (QED) is 0.645. The zero-order chi connectivity index (χ0) is 17.6. The number of aromatic carboxylic acids is 1. The van der Waals surface area contributed by atoms with Gasteiger partial charge in [0.25, 0.3) is 0 Å². The van der Waals surface area contributed by atoms with E-state index in [1.165, 1.54) is 31.2 Å². The number of nitrogens with zero attached hydrogens (tertiary/aromatic N) is 2. The van der Waals surface area contributed by atoms with E-state index in [9.17, 15) is 9.90 Å². The molecule has 3 aromatic rings. The lowest BCUT2D eigenvalue weighted by atomic mass is 9.93. The highest BCUT2D eigenvalue weighted by Crippen LogP contribution is 2.44. The van der Waals surface area contributed by atoms with Crippen molar-refractivity contribution in [3.63, 3.8) is 0 Å². The zero-order valence-corrected chi connectivity index (χ0v) is 15.6. The Kier molecular flexibility index (Phi) is 4.12. The van der Waals surface area contributed by atoms with Gasteiger partial charge in [-0.1, -0.05) is 18.9 Å². The minimum Gasteiger partial charge on any atom is -0.478 e. The van der Waals surface area contributed by atoms with E-state index in [2.05, 4.69) is 25.5 Å². The van der Waals surface area contributed by atoms with Crippen molar-refractivity contribution in [3.05, 3.63) is 52.1 Å². The molecule has 0 amide bonds. The number of fused-ring (bicyclic) bond motifs is 1. The average Bonchev–Trinajstić information content (AvgIpc) is 3.22. The summed E-state index contributed by atoms with van der Waals surface area (Å²) < 4.78 is 3.05. The fourth-order valence-electron chi connectivity index (χ4n) is 4.05. The van der Waals surface area contributed by atoms with Crippen LogP contribution in [0.3, 0.4) is 0 Å². The van der Waals surface area contributed by atoms with E-state index in [0.29, 0.717) is 11.5 Å². The van der Waals surface area contributed by atoms with E-state index in [0.717, 1.165) is 26.8 Å². The van der Waals surface area contributed by atoms with E-state index in [4.69, 9.17) is 0 Å². The van der Waals surface area contributed by atoms with Crippen LogP contribution in [0.2, 0.25) is 0 Å². The molecule has 2 aromatic heterocycles. The van der Waals surface area contributed by atoms with Crippen LogP contribution in [-0.4, -0.2) is 20.6 Å². The number of benzene rings is 1. The highest BCUT2D eigenvalue weighted by atomic mass is 79.9. The predicted octanol–water partition coefficient (Wildman–Crippen LogP) is 5.36. The minimum atomic E-state index is -0.895. The number of pyridine rings is 1. The zero-order valence-electron chi connectivity index (χ0n) is 14.0. The largest absolute Gasteiger partial charge is 0.478 e. The fourth-order valence-corrected chi connectivity index (χ4v) is 4.29. The molecule has 1 saturated carbocycles. The number of hydrogen-bond acceptors (Lipinski definition) is 2. The summed E-state index contributed by atoms with van der Waals surface area (Å²) in [6, 6.07) is 9.48. The van der Waals surface area contributed by atoms with E-state index >= 15 is 0 Å². The summed E-state index contributed by atoms with van der Waals surface area (Å²) in [5.74, 6) is -0.381. The lowest BCUT2D eigenvalue weighted by molar-refractivity contribution is 0.0697. The van der Waals surface area contributed by atoms with Crippen molar-refractivity contribution in [3.8, 4) is 11.4 Å². The Morgan fingerprint density at radius 1 is 1.24 bits per heavy atom. The monoisotopic (exact) mass is 398 g/mol. The standard InChI is InChI=1S/C20H19BrN2O2/c1-23-17-10-13(20(24)25)6-8-15(17)18(12-4-2-3-5-12)19(23)16-9-7-14(21)11-22-16/h6-12H,2-5H2,1H3,(H,24,25). The molecule has 0 radical (unpaired) electrons. The summed E-state index contributed by atoms with van der Waals surface area (Å²) in [4.78, 5) is 16.0. The van der Waals surface area contributed by atoms with Gasteiger partial charge in [0, 0.05) is 28.6 Å². The number of rotatable bonds is 3. The molecule has 0 saturated heterocycles. The van der Waals surface area contributed by atoms with Crippen molar-refractivity contribution in [2.24, 2.45) is 7.05 Å². The number of hydrogen-bond donors (Lipinski definition) is 1. The Morgan fingerprint density at radius 3 is 2.64 bits per heavy atom. The van der Waals surface area contributed by atoms with Crippen molar-refractivity contribution in [1.82, 2.24) is 9.55 Å². The molecular weight excluding hydrogens is 380 g/mol. The van der Waals surface area contributed by atoms with Crippen LogP contribution in [0.1, 0.15) is 47.5 Å². The third-order valence-electron chi connectivity index (χ3n) is 5.22. The van der Waals surface area contributed by atoms with Crippen molar-refractivity contribution in [2.75, 3.05) is 0 Å². The molecule has 0 aliphatic heterocycles. The first-order valence-electron chi connectivity index (χ1n) is 8.54. The lowest BCUT2D eigenvalue weighted by Gasteiger charge is -2.13. The third-order valence-corrected chi connectivity index (χ3v) is 5.69. The number of carboxylic acids is 1. The molecule has 1 fully saturated rings. The molecule has 0 unspecified atom stereocenters. The van der Waals surface area contributed by atoms with Crippen molar-refractivity contribution in [2.45, 2.75) is 31.6 Å². The van der Waals surface area contributed by atoms with Crippen LogP contribution in [0, 0.1) is 0 Å². The van der Waals surface area contributed by atoms with E-state index in [1.54, 1.807) is 12.1 Å². The molecular formula is C20H19BrN2O2. The smallest absolute Gasteiger partial charge is 0.335 e. The van der Waals surface area contributed by atoms with Crippen LogP contribution >= 0.6 is 15.9 Å². The Morgan fingerprint density at radius 2 is 2.00 bits per heavy atom. The third kappa shape index (κ3) is 2.76. The van der Waals surface area contributed by atoms with Gasteiger partial charge in [-0.05, 0) is 64.5 Å². The maximum absolute atomic E-state index is 11.4. The van der Waals surface area contributed by atoms with Crippen molar-refractivity contribution in [1.29, 1.82) is 0 Å². The van der Waals surface area contributed by atoms with Crippen molar-refractivity contribution < 1.29 is 9.90 Å². The second kappa shape index (κ2) is 6.30. The van der Waals surface area contributed by atoms with Crippen LogP contribution in [0.25, 0.3) is 22.3 Å². The molecule has 1 aromatic carbocycles. The Labute approximate surface area is 154 Å². The SMILES string of the molecule is Cn1c(-c2ccc(Br)cn2)c(C2CCCC2)c2ccc(C(=O)O)cc21. The number of carboxylic acid groups (broad SMARTS) is 1. The normalized spacial score (nSPS) is 15.1. The molecule has 4 rings (SSSR count). The average molecular weight is 399 g/mol. The van der Waals surface area contributed by atoms with E-state index < -0.39 is 5.97 Å². The first-order chi connectivity index (χ1) is 12.1. The first-order valence-corrected chi connectivity index (χ1v) is 9.33. The summed E-state index contributed by atoms with van der Waals surface area (Å²) in [6.45, 7) is 0. The number of aromatic nitrogens is 2. The minimum absolute atomic E-state index is 0.321. The lowest BCUT2D eigenvalue weighted by Crippen LogP contribution is -1.99. The van der Waals surface area contributed by atoms with Gasteiger partial charge < -0.3 is 9.67 Å². The molecule has 2 heterocycles. The van der Waals surface area contributed by atoms with Gasteiger partial charge in [0.2, 0.25) is 0 Å².